The predicted molar refractivity (Wildman–Crippen MR) is 159 cm³/mol. The van der Waals surface area contributed by atoms with Gasteiger partial charge in [0.15, 0.2) is 0 Å². The Morgan fingerprint density at radius 3 is 1.18 bits per heavy atom. The monoisotopic (exact) mass is 508 g/mol. The molecule has 0 bridgehead atoms. The van der Waals surface area contributed by atoms with Crippen LogP contribution in [0.2, 0.25) is 0 Å². The Labute approximate surface area is 222 Å². The lowest BCUT2D eigenvalue weighted by Gasteiger charge is -2.17. The van der Waals surface area contributed by atoms with Crippen LogP contribution >= 0.6 is 23.5 Å². The van der Waals surface area contributed by atoms with Crippen LogP contribution in [0.5, 0.6) is 5.75 Å². The van der Waals surface area contributed by atoms with Gasteiger partial charge in [0.25, 0.3) is 0 Å². The van der Waals surface area contributed by atoms with Crippen LogP contribution in [0.3, 0.4) is 0 Å². The van der Waals surface area contributed by atoms with Gasteiger partial charge < -0.3 is 5.11 Å². The van der Waals surface area contributed by atoms with Crippen molar-refractivity contribution in [3.05, 3.63) is 29.8 Å². The topological polar surface area (TPSA) is 20.2 Å². The molecule has 1 aromatic carbocycles. The van der Waals surface area contributed by atoms with Gasteiger partial charge >= 0.3 is 0 Å². The number of unbranched alkanes of at least 4 members (excludes halogenated alkanes) is 18. The van der Waals surface area contributed by atoms with Crippen molar-refractivity contribution in [2.45, 2.75) is 147 Å². The zero-order valence-electron chi connectivity index (χ0n) is 22.7. The molecule has 1 N–H and O–H groups in total. The lowest BCUT2D eigenvalue weighted by atomic mass is 10.1. The summed E-state index contributed by atoms with van der Waals surface area (Å²) >= 11 is 4.24. The first-order chi connectivity index (χ1) is 16.8. The average molecular weight is 509 g/mol. The second-order valence-corrected chi connectivity index (χ2v) is 12.8. The summed E-state index contributed by atoms with van der Waals surface area (Å²) in [5.41, 5.74) is 1.37. The third kappa shape index (κ3) is 19.0. The fourth-order valence-electron chi connectivity index (χ4n) is 4.43. The first-order valence-corrected chi connectivity index (χ1v) is 16.9. The summed E-state index contributed by atoms with van der Waals surface area (Å²) in [5.74, 6) is 2.89. The minimum absolute atomic E-state index is 0.377. The summed E-state index contributed by atoms with van der Waals surface area (Å²) in [4.78, 5) is 0. The number of phenols is 1. The Balaban J connectivity index is 2.13. The van der Waals surface area contributed by atoms with Gasteiger partial charge in [-0.25, -0.2) is 0 Å². The van der Waals surface area contributed by atoms with Crippen molar-refractivity contribution in [1.29, 1.82) is 0 Å². The number of hydrogen-bond acceptors (Lipinski definition) is 3. The molecular formula is C31H56OS2. The van der Waals surface area contributed by atoms with E-state index in [1.165, 1.54) is 145 Å². The molecule has 0 unspecified atom stereocenters. The van der Waals surface area contributed by atoms with Crippen molar-refractivity contribution in [3.63, 3.8) is 0 Å². The average Bonchev–Trinajstić information content (AvgIpc) is 2.85. The molecule has 0 radical (unpaired) electrons. The summed E-state index contributed by atoms with van der Waals surface area (Å²) in [7, 11) is 0. The van der Waals surface area contributed by atoms with Crippen molar-refractivity contribution in [1.82, 2.24) is 0 Å². The van der Waals surface area contributed by atoms with E-state index in [1.54, 1.807) is 0 Å². The van der Waals surface area contributed by atoms with Gasteiger partial charge in [-0.05, 0) is 42.0 Å². The van der Waals surface area contributed by atoms with Gasteiger partial charge in [-0.2, -0.15) is 0 Å². The maximum Gasteiger partial charge on any atom is 0.115 e. The van der Waals surface area contributed by atoms with Gasteiger partial charge in [0, 0.05) is 0 Å². The number of benzene rings is 1. The van der Waals surface area contributed by atoms with E-state index < -0.39 is 0 Å². The molecular weight excluding hydrogens is 452 g/mol. The van der Waals surface area contributed by atoms with Gasteiger partial charge in [0.1, 0.15) is 5.75 Å². The SMILES string of the molecule is CCCCCCCCCCCCSC(SCCCCCCCCCCCC)c1ccc(O)cc1. The Bertz CT molecular complexity index is 505. The number of phenolic OH excluding ortho intramolecular Hbond substituents is 1. The standard InChI is InChI=1S/C31H56OS2/c1-3-5-7-9-11-13-15-17-19-21-27-33-31(29-23-25-30(32)26-24-29)34-28-22-20-18-16-14-12-10-8-6-4-2/h23-26,31-32H,3-22,27-28H2,1-2H3. The third-order valence-electron chi connectivity index (χ3n) is 6.70. The van der Waals surface area contributed by atoms with E-state index in [2.05, 4.69) is 49.5 Å². The molecule has 0 amide bonds. The van der Waals surface area contributed by atoms with Crippen LogP contribution in [-0.4, -0.2) is 16.6 Å². The van der Waals surface area contributed by atoms with Crippen LogP contribution in [-0.2, 0) is 0 Å². The molecule has 0 aliphatic rings. The zero-order valence-corrected chi connectivity index (χ0v) is 24.3. The van der Waals surface area contributed by atoms with Crippen molar-refractivity contribution in [3.8, 4) is 5.75 Å². The van der Waals surface area contributed by atoms with Gasteiger partial charge in [-0.3, -0.25) is 0 Å². The van der Waals surface area contributed by atoms with Crippen molar-refractivity contribution >= 4 is 23.5 Å². The highest BCUT2D eigenvalue weighted by atomic mass is 32.2. The first-order valence-electron chi connectivity index (χ1n) is 14.8. The Hall–Kier alpha value is -0.280. The van der Waals surface area contributed by atoms with E-state index in [0.717, 1.165) is 0 Å². The normalized spacial score (nSPS) is 11.5. The van der Waals surface area contributed by atoms with E-state index in [0.29, 0.717) is 10.3 Å². The molecule has 0 saturated carbocycles. The minimum atomic E-state index is 0.377. The highest BCUT2D eigenvalue weighted by Gasteiger charge is 2.12. The third-order valence-corrected chi connectivity index (χ3v) is 9.71. The first kappa shape index (κ1) is 31.7. The molecule has 0 aliphatic heterocycles. The van der Waals surface area contributed by atoms with Crippen molar-refractivity contribution < 1.29 is 5.11 Å². The predicted octanol–water partition coefficient (Wildman–Crippen LogP) is 11.7. The number of rotatable bonds is 25. The molecule has 34 heavy (non-hydrogen) atoms. The Morgan fingerprint density at radius 2 is 0.824 bits per heavy atom. The second kappa shape index (κ2) is 24.4. The van der Waals surface area contributed by atoms with E-state index in [9.17, 15) is 5.11 Å². The van der Waals surface area contributed by atoms with Gasteiger partial charge in [-0.1, -0.05) is 142 Å². The zero-order chi connectivity index (χ0) is 24.5. The molecule has 1 aromatic rings. The maximum absolute atomic E-state index is 9.68. The summed E-state index contributed by atoms with van der Waals surface area (Å²) in [6.45, 7) is 4.58. The van der Waals surface area contributed by atoms with E-state index >= 15 is 0 Å². The lowest BCUT2D eigenvalue weighted by molar-refractivity contribution is 0.475. The van der Waals surface area contributed by atoms with Gasteiger partial charge in [-0.15, -0.1) is 23.5 Å². The molecule has 198 valence electrons. The molecule has 0 atom stereocenters. The van der Waals surface area contributed by atoms with Gasteiger partial charge in [0.05, 0.1) is 4.58 Å². The molecule has 0 heterocycles. The lowest BCUT2D eigenvalue weighted by Crippen LogP contribution is -1.94. The highest BCUT2D eigenvalue weighted by Crippen LogP contribution is 2.41. The Morgan fingerprint density at radius 1 is 0.500 bits per heavy atom. The number of thioether (sulfide) groups is 2. The second-order valence-electron chi connectivity index (χ2n) is 10.0. The number of aromatic hydroxyl groups is 1. The van der Waals surface area contributed by atoms with Crippen LogP contribution in [0.1, 0.15) is 152 Å². The van der Waals surface area contributed by atoms with Crippen molar-refractivity contribution in [2.75, 3.05) is 11.5 Å². The summed E-state index contributed by atoms with van der Waals surface area (Å²) in [6, 6.07) is 7.95. The summed E-state index contributed by atoms with van der Waals surface area (Å²) < 4.78 is 0.512. The molecule has 0 spiro atoms. The van der Waals surface area contributed by atoms with Crippen LogP contribution in [0, 0.1) is 0 Å². The molecule has 0 saturated heterocycles. The summed E-state index contributed by atoms with van der Waals surface area (Å²) in [5, 5.41) is 9.68. The molecule has 0 fully saturated rings. The van der Waals surface area contributed by atoms with Crippen LogP contribution in [0.15, 0.2) is 24.3 Å². The fourth-order valence-corrected chi connectivity index (χ4v) is 7.26. The largest absolute Gasteiger partial charge is 0.508 e. The maximum atomic E-state index is 9.68. The molecule has 1 nitrogen and oxygen atoms in total. The Kier molecular flexibility index (Phi) is 22.8. The smallest absolute Gasteiger partial charge is 0.115 e. The molecule has 0 aliphatic carbocycles. The number of hydrogen-bond donors (Lipinski definition) is 1. The van der Waals surface area contributed by atoms with Crippen molar-refractivity contribution in [2.24, 2.45) is 0 Å². The summed E-state index contributed by atoms with van der Waals surface area (Å²) in [6.07, 6.45) is 28.1. The highest BCUT2D eigenvalue weighted by molar-refractivity contribution is 8.16. The van der Waals surface area contributed by atoms with Crippen LogP contribution in [0.25, 0.3) is 0 Å². The van der Waals surface area contributed by atoms with E-state index in [1.807, 2.05) is 12.1 Å². The molecule has 3 heteroatoms. The molecule has 0 aromatic heterocycles. The van der Waals surface area contributed by atoms with Crippen LogP contribution < -0.4 is 0 Å². The van der Waals surface area contributed by atoms with Crippen LogP contribution in [0.4, 0.5) is 0 Å². The van der Waals surface area contributed by atoms with Gasteiger partial charge in [0.2, 0.25) is 0 Å². The quantitative estimate of drug-likeness (QED) is 0.105. The minimum Gasteiger partial charge on any atom is -0.508 e. The van der Waals surface area contributed by atoms with E-state index in [-0.39, 0.29) is 0 Å². The fraction of sp³-hybridized carbons (Fsp3) is 0.806. The molecule has 1 rings (SSSR count). The van der Waals surface area contributed by atoms with E-state index in [4.69, 9.17) is 0 Å².